The summed E-state index contributed by atoms with van der Waals surface area (Å²) in [7, 11) is 0. The summed E-state index contributed by atoms with van der Waals surface area (Å²) in [6.45, 7) is -0.0383. The van der Waals surface area contributed by atoms with Gasteiger partial charge < -0.3 is 21.1 Å². The van der Waals surface area contributed by atoms with Gasteiger partial charge in [0.15, 0.2) is 0 Å². The maximum atomic E-state index is 12.6. The van der Waals surface area contributed by atoms with Gasteiger partial charge >= 0.3 is 0 Å². The summed E-state index contributed by atoms with van der Waals surface area (Å²) in [4.78, 5) is 36.4. The van der Waals surface area contributed by atoms with Crippen LogP contribution in [0, 0.1) is 11.8 Å². The van der Waals surface area contributed by atoms with E-state index in [1.54, 1.807) is 30.3 Å². The number of rotatable bonds is 10. The van der Waals surface area contributed by atoms with Crippen LogP contribution in [0.25, 0.3) is 6.08 Å². The molecule has 1 fully saturated rings. The van der Waals surface area contributed by atoms with Crippen molar-refractivity contribution < 1.29 is 24.7 Å². The van der Waals surface area contributed by atoms with Crippen molar-refractivity contribution >= 4 is 23.8 Å². The minimum Gasteiger partial charge on any atom is -0.392 e. The molecule has 1 saturated carbocycles. The topological polar surface area (TPSA) is 140 Å². The lowest BCUT2D eigenvalue weighted by molar-refractivity contribution is -0.131. The Morgan fingerprint density at radius 1 is 1.06 bits per heavy atom. The lowest BCUT2D eigenvalue weighted by Crippen LogP contribution is -2.52. The molecule has 182 valence electrons. The van der Waals surface area contributed by atoms with Gasteiger partial charge in [-0.1, -0.05) is 36.1 Å². The molecule has 0 heterocycles. The van der Waals surface area contributed by atoms with Crippen LogP contribution in [0.1, 0.15) is 39.9 Å². The van der Waals surface area contributed by atoms with E-state index in [0.717, 1.165) is 24.0 Å². The summed E-state index contributed by atoms with van der Waals surface area (Å²) in [5.41, 5.74) is 4.30. The van der Waals surface area contributed by atoms with E-state index in [9.17, 15) is 14.4 Å². The predicted molar refractivity (Wildman–Crippen MR) is 130 cm³/mol. The maximum absolute atomic E-state index is 12.6. The zero-order chi connectivity index (χ0) is 25.0. The Hall–Kier alpha value is -3.97. The first kappa shape index (κ1) is 25.6. The van der Waals surface area contributed by atoms with Crippen LogP contribution >= 0.6 is 0 Å². The van der Waals surface area contributed by atoms with Crippen molar-refractivity contribution in [2.24, 2.45) is 0 Å². The molecule has 0 unspecified atom stereocenters. The monoisotopic (exact) mass is 476 g/mol. The van der Waals surface area contributed by atoms with Crippen LogP contribution in [-0.2, 0) is 16.2 Å². The standard InChI is InChI=1S/C26H28N4O5/c31-17-20-7-5-18(6-8-20)3-1-2-4-19-9-11-21(12-10-19)25(33)29-23(26(34)30-35)15-28-24(32)16-27-22-13-14-22/h1,3,5-12,22-23,27,31,35H,13-17H2,(H,28,32)(H,29,33)(H,30,34)/t23-/m0/s1. The summed E-state index contributed by atoms with van der Waals surface area (Å²) < 4.78 is 0. The number of nitrogens with one attached hydrogen (secondary N) is 4. The van der Waals surface area contributed by atoms with Gasteiger partial charge in [-0.2, -0.15) is 0 Å². The van der Waals surface area contributed by atoms with Crippen LogP contribution < -0.4 is 21.4 Å². The minimum absolute atomic E-state index is 0.00172. The van der Waals surface area contributed by atoms with Gasteiger partial charge in [0.05, 0.1) is 13.2 Å². The van der Waals surface area contributed by atoms with Gasteiger partial charge in [0, 0.05) is 23.7 Å². The molecule has 0 saturated heterocycles. The summed E-state index contributed by atoms with van der Waals surface area (Å²) in [6.07, 6.45) is 5.64. The Bertz CT molecular complexity index is 1110. The second-order valence-electron chi connectivity index (χ2n) is 8.04. The summed E-state index contributed by atoms with van der Waals surface area (Å²) in [5, 5.41) is 26.2. The molecule has 0 aliphatic heterocycles. The first-order valence-electron chi connectivity index (χ1n) is 11.2. The average Bonchev–Trinajstić information content (AvgIpc) is 3.72. The van der Waals surface area contributed by atoms with E-state index in [1.807, 2.05) is 30.3 Å². The van der Waals surface area contributed by atoms with Crippen molar-refractivity contribution in [3.63, 3.8) is 0 Å². The molecule has 0 aromatic heterocycles. The Morgan fingerprint density at radius 2 is 1.77 bits per heavy atom. The van der Waals surface area contributed by atoms with Crippen molar-refractivity contribution in [1.82, 2.24) is 21.4 Å². The summed E-state index contributed by atoms with van der Waals surface area (Å²) >= 11 is 0. The molecule has 2 aromatic rings. The summed E-state index contributed by atoms with van der Waals surface area (Å²) in [6, 6.07) is 13.2. The van der Waals surface area contributed by atoms with Gasteiger partial charge in [-0.3, -0.25) is 19.6 Å². The van der Waals surface area contributed by atoms with Crippen molar-refractivity contribution in [2.45, 2.75) is 31.5 Å². The number of amides is 3. The summed E-state index contributed by atoms with van der Waals surface area (Å²) in [5.74, 6) is 4.22. The van der Waals surface area contributed by atoms with Crippen molar-refractivity contribution in [2.75, 3.05) is 13.1 Å². The van der Waals surface area contributed by atoms with Gasteiger partial charge in [0.25, 0.3) is 11.8 Å². The van der Waals surface area contributed by atoms with E-state index in [-0.39, 0.29) is 25.6 Å². The molecule has 35 heavy (non-hydrogen) atoms. The van der Waals surface area contributed by atoms with Gasteiger partial charge in [0.1, 0.15) is 6.04 Å². The molecule has 3 amide bonds. The second kappa shape index (κ2) is 13.1. The maximum Gasteiger partial charge on any atom is 0.267 e. The molecule has 0 radical (unpaired) electrons. The van der Waals surface area contributed by atoms with Crippen LogP contribution in [0.3, 0.4) is 0 Å². The molecule has 9 nitrogen and oxygen atoms in total. The van der Waals surface area contributed by atoms with Crippen molar-refractivity contribution in [3.05, 3.63) is 76.9 Å². The Labute approximate surface area is 203 Å². The highest BCUT2D eigenvalue weighted by Gasteiger charge is 2.23. The van der Waals surface area contributed by atoms with E-state index in [2.05, 4.69) is 27.8 Å². The minimum atomic E-state index is -1.14. The zero-order valence-electron chi connectivity index (χ0n) is 19.1. The van der Waals surface area contributed by atoms with Crippen molar-refractivity contribution in [1.29, 1.82) is 0 Å². The highest BCUT2D eigenvalue weighted by Crippen LogP contribution is 2.17. The van der Waals surface area contributed by atoms with Crippen LogP contribution in [0.15, 0.2) is 54.6 Å². The molecule has 0 spiro atoms. The Balaban J connectivity index is 1.52. The van der Waals surface area contributed by atoms with Gasteiger partial charge in [-0.05, 0) is 60.4 Å². The van der Waals surface area contributed by atoms with E-state index >= 15 is 0 Å². The third-order valence-corrected chi connectivity index (χ3v) is 5.25. The number of benzene rings is 2. The molecular formula is C26H28N4O5. The van der Waals surface area contributed by atoms with Crippen LogP contribution in [0.4, 0.5) is 0 Å². The number of hydrogen-bond acceptors (Lipinski definition) is 6. The fraction of sp³-hybridized carbons (Fsp3) is 0.269. The van der Waals surface area contributed by atoms with Crippen LogP contribution in [-0.4, -0.2) is 53.2 Å². The number of hydroxylamine groups is 1. The highest BCUT2D eigenvalue weighted by molar-refractivity contribution is 5.97. The lowest BCUT2D eigenvalue weighted by Gasteiger charge is -2.17. The van der Waals surface area contributed by atoms with Crippen LogP contribution in [0.5, 0.6) is 0 Å². The first-order valence-corrected chi connectivity index (χ1v) is 11.2. The smallest absolute Gasteiger partial charge is 0.267 e. The number of allylic oxidation sites excluding steroid dienone is 1. The van der Waals surface area contributed by atoms with Crippen LogP contribution in [0.2, 0.25) is 0 Å². The first-order chi connectivity index (χ1) is 17.0. The fourth-order valence-corrected chi connectivity index (χ4v) is 3.03. The van der Waals surface area contributed by atoms with E-state index in [1.165, 1.54) is 5.48 Å². The quantitative estimate of drug-likeness (QED) is 0.170. The molecule has 1 atom stereocenters. The SMILES string of the molecule is O=C(CNC1CC1)NC[C@H](NC(=O)c1ccc(C#CC=Cc2ccc(CO)cc2)cc1)C(=O)NO. The highest BCUT2D eigenvalue weighted by atomic mass is 16.5. The third kappa shape index (κ3) is 8.72. The second-order valence-corrected chi connectivity index (χ2v) is 8.04. The average molecular weight is 477 g/mol. The number of carbonyl (C=O) groups excluding carboxylic acids is 3. The largest absolute Gasteiger partial charge is 0.392 e. The van der Waals surface area contributed by atoms with Gasteiger partial charge in [0.2, 0.25) is 5.91 Å². The van der Waals surface area contributed by atoms with E-state index in [4.69, 9.17) is 10.3 Å². The third-order valence-electron chi connectivity index (χ3n) is 5.25. The van der Waals surface area contributed by atoms with Gasteiger partial charge in [-0.15, -0.1) is 0 Å². The predicted octanol–water partition coefficient (Wildman–Crippen LogP) is 0.716. The molecule has 9 heteroatoms. The molecular weight excluding hydrogens is 448 g/mol. The zero-order valence-corrected chi connectivity index (χ0v) is 19.1. The number of aliphatic hydroxyl groups excluding tert-OH is 1. The van der Waals surface area contributed by atoms with Gasteiger partial charge in [-0.25, -0.2) is 5.48 Å². The lowest BCUT2D eigenvalue weighted by atomic mass is 10.1. The number of carbonyl (C=O) groups is 3. The Morgan fingerprint density at radius 3 is 2.40 bits per heavy atom. The molecule has 1 aliphatic carbocycles. The Kier molecular flexibility index (Phi) is 9.57. The molecule has 3 rings (SSSR count). The number of aliphatic hydroxyl groups is 1. The number of hydrogen-bond donors (Lipinski definition) is 6. The normalized spacial score (nSPS) is 13.4. The molecule has 2 aromatic carbocycles. The van der Waals surface area contributed by atoms with E-state index in [0.29, 0.717) is 17.2 Å². The molecule has 0 bridgehead atoms. The van der Waals surface area contributed by atoms with E-state index < -0.39 is 17.9 Å². The van der Waals surface area contributed by atoms with Crippen molar-refractivity contribution in [3.8, 4) is 11.8 Å². The fourth-order valence-electron chi connectivity index (χ4n) is 3.03. The molecule has 1 aliphatic rings. The molecule has 6 N–H and O–H groups in total.